The smallest absolute Gasteiger partial charge is 0.417 e. The molecular formula is C21H18F7N3O4. The van der Waals surface area contributed by atoms with Gasteiger partial charge in [0.25, 0.3) is 11.8 Å². The molecule has 1 aliphatic heterocycles. The fourth-order valence-corrected chi connectivity index (χ4v) is 3.90. The van der Waals surface area contributed by atoms with Gasteiger partial charge in [-0.25, -0.2) is 4.39 Å². The highest BCUT2D eigenvalue weighted by molar-refractivity contribution is 5.97. The Morgan fingerprint density at radius 1 is 1.23 bits per heavy atom. The number of benzene rings is 1. The second-order valence-electron chi connectivity index (χ2n) is 7.90. The summed E-state index contributed by atoms with van der Waals surface area (Å²) in [5.74, 6) is -10.3. The lowest BCUT2D eigenvalue weighted by atomic mass is 9.77. The molecule has 4 atom stereocenters. The maximum atomic E-state index is 14.4. The van der Waals surface area contributed by atoms with Crippen LogP contribution in [0.25, 0.3) is 0 Å². The lowest BCUT2D eigenvalue weighted by Gasteiger charge is -2.32. The first kappa shape index (κ1) is 26.2. The van der Waals surface area contributed by atoms with Crippen LogP contribution >= 0.6 is 0 Å². The van der Waals surface area contributed by atoms with Crippen LogP contribution in [-0.4, -0.2) is 41.3 Å². The summed E-state index contributed by atoms with van der Waals surface area (Å²) in [5, 5.41) is 2.24. The van der Waals surface area contributed by atoms with Crippen LogP contribution in [0.4, 0.5) is 36.4 Å². The average Bonchev–Trinajstić information content (AvgIpc) is 3.04. The number of nitrogens with zero attached hydrogens (tertiary/aromatic N) is 1. The maximum absolute atomic E-state index is 14.4. The molecule has 190 valence electrons. The first-order chi connectivity index (χ1) is 16.2. The fraction of sp³-hybridized carbons (Fsp3) is 0.381. The minimum Gasteiger partial charge on any atom is -0.431 e. The zero-order valence-electron chi connectivity index (χ0n) is 18.0. The third-order valence-corrected chi connectivity index (χ3v) is 5.85. The number of hydrogen-bond donors (Lipinski definition) is 2. The van der Waals surface area contributed by atoms with Crippen molar-refractivity contribution in [1.82, 2.24) is 4.98 Å². The van der Waals surface area contributed by atoms with E-state index >= 15 is 0 Å². The number of aromatic nitrogens is 1. The standard InChI is InChI=1S/C21H18F7N3O4/c1-8-13(10-3-4-11(22)14(23)15(10)34-19(24)25)16(35-20(8,2)21(26,27)28)18(33)31-9-5-6-30-12(7-9)17(29)32/h3-8,13,16,19H,1-2H3,(H2,29,32)(H,30,31,33)/t8-,13-,16-,20+/m0/s1. The third kappa shape index (κ3) is 4.88. The predicted molar refractivity (Wildman–Crippen MR) is 106 cm³/mol. The molecular weight excluding hydrogens is 491 g/mol. The van der Waals surface area contributed by atoms with Crippen LogP contribution in [0.15, 0.2) is 30.5 Å². The van der Waals surface area contributed by atoms with Gasteiger partial charge in [0.1, 0.15) is 11.8 Å². The van der Waals surface area contributed by atoms with Crippen molar-refractivity contribution in [3.8, 4) is 5.75 Å². The summed E-state index contributed by atoms with van der Waals surface area (Å²) >= 11 is 0. The Labute approximate surface area is 193 Å². The molecule has 2 amide bonds. The highest BCUT2D eigenvalue weighted by Crippen LogP contribution is 2.55. The number of nitrogens with one attached hydrogen (secondary N) is 1. The summed E-state index contributed by atoms with van der Waals surface area (Å²) in [6, 6.07) is 3.50. The van der Waals surface area contributed by atoms with Crippen LogP contribution in [-0.2, 0) is 9.53 Å². The van der Waals surface area contributed by atoms with Gasteiger partial charge in [0.05, 0.1) is 0 Å². The Balaban J connectivity index is 2.10. The molecule has 1 fully saturated rings. The molecule has 2 aromatic rings. The van der Waals surface area contributed by atoms with Crippen LogP contribution in [0, 0.1) is 17.6 Å². The van der Waals surface area contributed by atoms with Crippen molar-refractivity contribution >= 4 is 17.5 Å². The van der Waals surface area contributed by atoms with E-state index in [0.717, 1.165) is 25.3 Å². The molecule has 0 unspecified atom stereocenters. The van der Waals surface area contributed by atoms with Crippen molar-refractivity contribution < 1.29 is 49.8 Å². The summed E-state index contributed by atoms with van der Waals surface area (Å²) < 4.78 is 105. The zero-order valence-corrected chi connectivity index (χ0v) is 18.0. The number of carbonyl (C=O) groups excluding carboxylic acids is 2. The number of carbonyl (C=O) groups is 2. The minimum absolute atomic E-state index is 0.0937. The van der Waals surface area contributed by atoms with Gasteiger partial charge >= 0.3 is 12.8 Å². The molecule has 0 radical (unpaired) electrons. The van der Waals surface area contributed by atoms with Gasteiger partial charge in [-0.1, -0.05) is 13.0 Å². The Morgan fingerprint density at radius 3 is 2.46 bits per heavy atom. The van der Waals surface area contributed by atoms with Crippen LogP contribution in [0.1, 0.15) is 35.8 Å². The Kier molecular flexibility index (Phi) is 6.97. The van der Waals surface area contributed by atoms with E-state index in [1.807, 2.05) is 0 Å². The highest BCUT2D eigenvalue weighted by Gasteiger charge is 2.66. The van der Waals surface area contributed by atoms with Crippen LogP contribution in [0.3, 0.4) is 0 Å². The lowest BCUT2D eigenvalue weighted by Crippen LogP contribution is -2.47. The quantitative estimate of drug-likeness (QED) is 0.570. The number of hydrogen-bond acceptors (Lipinski definition) is 5. The second kappa shape index (κ2) is 9.32. The van der Waals surface area contributed by atoms with E-state index in [2.05, 4.69) is 15.0 Å². The Hall–Kier alpha value is -3.42. The van der Waals surface area contributed by atoms with E-state index in [4.69, 9.17) is 10.5 Å². The molecule has 0 spiro atoms. The van der Waals surface area contributed by atoms with Crippen molar-refractivity contribution in [3.05, 3.63) is 53.4 Å². The van der Waals surface area contributed by atoms with Gasteiger partial charge in [0.2, 0.25) is 5.82 Å². The first-order valence-electron chi connectivity index (χ1n) is 9.91. The molecule has 1 aliphatic rings. The van der Waals surface area contributed by atoms with E-state index in [1.165, 1.54) is 6.07 Å². The SMILES string of the molecule is C[C@H]1[C@@H](c2ccc(F)c(F)c2OC(F)F)[C@@H](C(=O)Nc2ccnc(C(N)=O)c2)O[C@@]1(C)C(F)(F)F. The number of halogens is 7. The third-order valence-electron chi connectivity index (χ3n) is 5.85. The molecule has 3 N–H and O–H groups in total. The predicted octanol–water partition coefficient (Wildman–Crippen LogP) is 4.14. The van der Waals surface area contributed by atoms with Crippen LogP contribution in [0.5, 0.6) is 5.75 Å². The molecule has 2 heterocycles. The molecule has 7 nitrogen and oxygen atoms in total. The number of ether oxygens (including phenoxy) is 2. The van der Waals surface area contributed by atoms with Crippen LogP contribution < -0.4 is 15.8 Å². The average molecular weight is 509 g/mol. The van der Waals surface area contributed by atoms with Gasteiger partial charge in [-0.3, -0.25) is 14.6 Å². The number of amides is 2. The van der Waals surface area contributed by atoms with Gasteiger partial charge in [-0.2, -0.15) is 26.3 Å². The summed E-state index contributed by atoms with van der Waals surface area (Å²) in [6.45, 7) is -1.98. The monoisotopic (exact) mass is 509 g/mol. The van der Waals surface area contributed by atoms with Crippen molar-refractivity contribution in [2.24, 2.45) is 11.7 Å². The number of nitrogens with two attached hydrogens (primary N) is 1. The minimum atomic E-state index is -5.04. The van der Waals surface area contributed by atoms with E-state index < -0.39 is 71.1 Å². The summed E-state index contributed by atoms with van der Waals surface area (Å²) in [6.07, 6.45) is -5.97. The molecule has 1 aromatic carbocycles. The van der Waals surface area contributed by atoms with Gasteiger partial charge in [-0.15, -0.1) is 0 Å². The van der Waals surface area contributed by atoms with Crippen molar-refractivity contribution in [2.45, 2.75) is 44.3 Å². The van der Waals surface area contributed by atoms with Gasteiger partial charge in [0, 0.05) is 29.3 Å². The molecule has 1 saturated heterocycles. The van der Waals surface area contributed by atoms with E-state index in [1.54, 1.807) is 0 Å². The normalized spacial score (nSPS) is 24.5. The lowest BCUT2D eigenvalue weighted by molar-refractivity contribution is -0.272. The molecule has 0 saturated carbocycles. The summed E-state index contributed by atoms with van der Waals surface area (Å²) in [5.41, 5.74) is 1.14. The van der Waals surface area contributed by atoms with Gasteiger partial charge in [-0.05, 0) is 25.1 Å². The van der Waals surface area contributed by atoms with E-state index in [0.29, 0.717) is 13.0 Å². The van der Waals surface area contributed by atoms with Crippen molar-refractivity contribution in [1.29, 1.82) is 0 Å². The molecule has 35 heavy (non-hydrogen) atoms. The van der Waals surface area contributed by atoms with E-state index in [9.17, 15) is 40.3 Å². The zero-order chi connectivity index (χ0) is 26.3. The topological polar surface area (TPSA) is 104 Å². The molecule has 14 heteroatoms. The molecule has 0 aliphatic carbocycles. The van der Waals surface area contributed by atoms with Gasteiger partial charge < -0.3 is 20.5 Å². The second-order valence-corrected chi connectivity index (χ2v) is 7.90. The Morgan fingerprint density at radius 2 is 1.89 bits per heavy atom. The molecule has 3 rings (SSSR count). The summed E-state index contributed by atoms with van der Waals surface area (Å²) in [7, 11) is 0. The van der Waals surface area contributed by atoms with Crippen molar-refractivity contribution in [2.75, 3.05) is 5.32 Å². The number of rotatable bonds is 6. The Bertz CT molecular complexity index is 1140. The fourth-order valence-electron chi connectivity index (χ4n) is 3.90. The number of pyridine rings is 1. The van der Waals surface area contributed by atoms with E-state index in [-0.39, 0.29) is 11.4 Å². The summed E-state index contributed by atoms with van der Waals surface area (Å²) in [4.78, 5) is 28.0. The van der Waals surface area contributed by atoms with Crippen molar-refractivity contribution in [3.63, 3.8) is 0 Å². The highest BCUT2D eigenvalue weighted by atomic mass is 19.4. The maximum Gasteiger partial charge on any atom is 0.417 e. The molecule has 1 aromatic heterocycles. The number of primary amides is 1. The largest absolute Gasteiger partial charge is 0.431 e. The number of alkyl halides is 5. The molecule has 0 bridgehead atoms. The van der Waals surface area contributed by atoms with Gasteiger partial charge in [0.15, 0.2) is 17.2 Å². The first-order valence-corrected chi connectivity index (χ1v) is 9.91. The van der Waals surface area contributed by atoms with Crippen LogP contribution in [0.2, 0.25) is 0 Å². The number of anilines is 1.